The number of hydrogen-bond donors (Lipinski definition) is 2. The van der Waals surface area contributed by atoms with Crippen molar-refractivity contribution in [1.29, 1.82) is 0 Å². The summed E-state index contributed by atoms with van der Waals surface area (Å²) in [5.41, 5.74) is 11.3. The van der Waals surface area contributed by atoms with Crippen molar-refractivity contribution in [2.24, 2.45) is 0 Å². The van der Waals surface area contributed by atoms with Gasteiger partial charge in [-0.25, -0.2) is 9.97 Å². The molecule has 8 nitrogen and oxygen atoms in total. The highest BCUT2D eigenvalue weighted by atomic mass is 15.7. The topological polar surface area (TPSA) is 75.3 Å². The number of nitrogens with zero attached hydrogens (tertiary/aromatic N) is 6. The third-order valence-electron chi connectivity index (χ3n) is 4.50. The Bertz CT molecular complexity index is 1080. The first-order valence-electron chi connectivity index (χ1n) is 8.55. The maximum absolute atomic E-state index is 4.83. The molecule has 0 aliphatic carbocycles. The molecular weight excluding hydrogens is 328 g/mol. The predicted octanol–water partition coefficient (Wildman–Crippen LogP) is 2.46. The zero-order valence-corrected chi connectivity index (χ0v) is 14.3. The van der Waals surface area contributed by atoms with Gasteiger partial charge in [0.25, 0.3) is 0 Å². The van der Waals surface area contributed by atoms with Gasteiger partial charge in [0.1, 0.15) is 5.65 Å². The van der Waals surface area contributed by atoms with Crippen molar-refractivity contribution < 1.29 is 0 Å². The summed E-state index contributed by atoms with van der Waals surface area (Å²) in [7, 11) is 0. The van der Waals surface area contributed by atoms with E-state index in [2.05, 4.69) is 40.2 Å². The minimum absolute atomic E-state index is 0.679. The number of aromatic nitrogens is 5. The van der Waals surface area contributed by atoms with Crippen LogP contribution in [0.2, 0.25) is 0 Å². The lowest BCUT2D eigenvalue weighted by Gasteiger charge is -2.17. The van der Waals surface area contributed by atoms with Gasteiger partial charge in [-0.15, -0.1) is 5.53 Å². The highest BCUT2D eigenvalue weighted by Crippen LogP contribution is 2.31. The molecule has 4 aromatic heterocycles. The fraction of sp³-hybridized carbons (Fsp3) is 0.167. The molecule has 0 fully saturated rings. The van der Waals surface area contributed by atoms with Crippen molar-refractivity contribution >= 4 is 17.2 Å². The Hall–Kier alpha value is -3.39. The van der Waals surface area contributed by atoms with Crippen LogP contribution in [0.15, 0.2) is 55.2 Å². The third-order valence-corrected chi connectivity index (χ3v) is 4.50. The smallest absolute Gasteiger partial charge is 0.170 e. The predicted molar refractivity (Wildman–Crippen MR) is 99.3 cm³/mol. The number of nitrogens with one attached hydrogen (secondary N) is 2. The molecule has 0 unspecified atom stereocenters. The quantitative estimate of drug-likeness (QED) is 0.591. The first-order chi connectivity index (χ1) is 12.8. The Kier molecular flexibility index (Phi) is 3.36. The normalized spacial score (nSPS) is 13.2. The number of pyridine rings is 2. The number of fused-ring (bicyclic) bond motifs is 2. The van der Waals surface area contributed by atoms with Crippen LogP contribution in [0.4, 0.5) is 11.5 Å². The minimum Gasteiger partial charge on any atom is -0.307 e. The second kappa shape index (κ2) is 5.85. The highest BCUT2D eigenvalue weighted by Gasteiger charge is 2.21. The molecule has 8 heteroatoms. The first-order valence-corrected chi connectivity index (χ1v) is 8.55. The molecule has 5 heterocycles. The van der Waals surface area contributed by atoms with Crippen LogP contribution in [0.1, 0.15) is 12.5 Å². The molecule has 2 N–H and O–H groups in total. The van der Waals surface area contributed by atoms with E-state index in [0.717, 1.165) is 40.5 Å². The Morgan fingerprint density at radius 1 is 1.12 bits per heavy atom. The summed E-state index contributed by atoms with van der Waals surface area (Å²) in [5, 5.41) is 6.34. The molecule has 0 aromatic carbocycles. The zero-order chi connectivity index (χ0) is 17.5. The van der Waals surface area contributed by atoms with Gasteiger partial charge in [0.2, 0.25) is 0 Å². The summed E-state index contributed by atoms with van der Waals surface area (Å²) < 4.78 is 3.92. The lowest BCUT2D eigenvalue weighted by atomic mass is 10.2. The summed E-state index contributed by atoms with van der Waals surface area (Å²) in [4.78, 5) is 9.11. The van der Waals surface area contributed by atoms with Crippen LogP contribution in [-0.4, -0.2) is 24.1 Å². The van der Waals surface area contributed by atoms with Crippen LogP contribution < -0.4 is 16.0 Å². The summed E-state index contributed by atoms with van der Waals surface area (Å²) in [5.74, 6) is 0.873. The van der Waals surface area contributed by atoms with Gasteiger partial charge in [-0.1, -0.05) is 6.07 Å². The molecule has 1 aliphatic heterocycles. The van der Waals surface area contributed by atoms with E-state index >= 15 is 0 Å². The van der Waals surface area contributed by atoms with E-state index in [1.54, 1.807) is 6.20 Å². The monoisotopic (exact) mass is 346 g/mol. The lowest BCUT2D eigenvalue weighted by molar-refractivity contribution is 0.660. The molecular formula is C18H18N8. The molecule has 0 bridgehead atoms. The lowest BCUT2D eigenvalue weighted by Crippen LogP contribution is -2.35. The average Bonchev–Trinajstić information content (AvgIpc) is 3.40. The number of aryl methyl sites for hydroxylation is 1. The summed E-state index contributed by atoms with van der Waals surface area (Å²) in [6, 6.07) is 8.14. The SMILES string of the molecule is CCn1cc(-c2ccc3c(n2)N(Cc2ccc4nccn4c2)NN3)cn1. The van der Waals surface area contributed by atoms with Gasteiger partial charge in [0.15, 0.2) is 5.82 Å². The van der Waals surface area contributed by atoms with Crippen LogP contribution in [0.3, 0.4) is 0 Å². The average molecular weight is 346 g/mol. The van der Waals surface area contributed by atoms with E-state index in [1.807, 2.05) is 50.9 Å². The van der Waals surface area contributed by atoms with Crippen LogP contribution in [0.5, 0.6) is 0 Å². The maximum atomic E-state index is 4.83. The molecule has 0 radical (unpaired) electrons. The van der Waals surface area contributed by atoms with Crippen molar-refractivity contribution in [1.82, 2.24) is 29.7 Å². The molecule has 0 amide bonds. The second-order valence-electron chi connectivity index (χ2n) is 6.21. The number of hydrazine groups is 2. The molecule has 0 atom stereocenters. The number of imidazole rings is 1. The Morgan fingerprint density at radius 2 is 2.08 bits per heavy atom. The van der Waals surface area contributed by atoms with Gasteiger partial charge in [-0.2, -0.15) is 5.10 Å². The van der Waals surface area contributed by atoms with Gasteiger partial charge in [0.05, 0.1) is 24.1 Å². The van der Waals surface area contributed by atoms with Gasteiger partial charge < -0.3 is 9.83 Å². The maximum Gasteiger partial charge on any atom is 0.170 e. The van der Waals surface area contributed by atoms with Crippen LogP contribution in [-0.2, 0) is 13.1 Å². The van der Waals surface area contributed by atoms with Crippen molar-refractivity contribution in [3.05, 3.63) is 60.8 Å². The van der Waals surface area contributed by atoms with Crippen LogP contribution in [0, 0.1) is 0 Å². The molecule has 1 aliphatic rings. The van der Waals surface area contributed by atoms with E-state index < -0.39 is 0 Å². The van der Waals surface area contributed by atoms with Gasteiger partial charge in [-0.3, -0.25) is 9.69 Å². The summed E-state index contributed by atoms with van der Waals surface area (Å²) >= 11 is 0. The molecule has 0 saturated carbocycles. The second-order valence-corrected chi connectivity index (χ2v) is 6.21. The number of hydrogen-bond acceptors (Lipinski definition) is 6. The van der Waals surface area contributed by atoms with Crippen molar-refractivity contribution in [2.75, 3.05) is 10.4 Å². The minimum atomic E-state index is 0.679. The van der Waals surface area contributed by atoms with Crippen LogP contribution in [0.25, 0.3) is 16.9 Å². The number of anilines is 2. The van der Waals surface area contributed by atoms with E-state index in [-0.39, 0.29) is 0 Å². The van der Waals surface area contributed by atoms with E-state index in [1.165, 1.54) is 0 Å². The molecule has 0 saturated heterocycles. The van der Waals surface area contributed by atoms with E-state index in [9.17, 15) is 0 Å². The number of rotatable bonds is 4. The van der Waals surface area contributed by atoms with Crippen molar-refractivity contribution in [2.45, 2.75) is 20.0 Å². The fourth-order valence-corrected chi connectivity index (χ4v) is 3.12. The van der Waals surface area contributed by atoms with Gasteiger partial charge in [-0.05, 0) is 30.7 Å². The highest BCUT2D eigenvalue weighted by molar-refractivity contribution is 5.73. The van der Waals surface area contributed by atoms with Gasteiger partial charge in [0, 0.05) is 36.9 Å². The third kappa shape index (κ3) is 2.47. The van der Waals surface area contributed by atoms with E-state index in [0.29, 0.717) is 6.54 Å². The Balaban J connectivity index is 1.45. The molecule has 5 rings (SSSR count). The first kappa shape index (κ1) is 14.9. The standard InChI is InChI=1S/C18H18N8/c1-2-25-12-14(9-20-25)15-4-5-16-18(21-15)26(23-22-16)11-13-3-6-17-19-7-8-24(17)10-13/h3-10,12,22-23H,2,11H2,1H3. The summed E-state index contributed by atoms with van der Waals surface area (Å²) in [6.45, 7) is 3.59. The van der Waals surface area contributed by atoms with E-state index in [4.69, 9.17) is 4.98 Å². The molecule has 26 heavy (non-hydrogen) atoms. The van der Waals surface area contributed by atoms with Crippen molar-refractivity contribution in [3.63, 3.8) is 0 Å². The Labute approximate surface area is 150 Å². The summed E-state index contributed by atoms with van der Waals surface area (Å²) in [6.07, 6.45) is 9.70. The largest absolute Gasteiger partial charge is 0.307 e. The van der Waals surface area contributed by atoms with Crippen molar-refractivity contribution in [3.8, 4) is 11.3 Å². The molecule has 4 aromatic rings. The van der Waals surface area contributed by atoms with Crippen LogP contribution >= 0.6 is 0 Å². The Morgan fingerprint density at radius 3 is 2.96 bits per heavy atom. The zero-order valence-electron chi connectivity index (χ0n) is 14.3. The molecule has 0 spiro atoms. The molecule has 130 valence electrons. The van der Waals surface area contributed by atoms with Gasteiger partial charge >= 0.3 is 0 Å². The fourth-order valence-electron chi connectivity index (χ4n) is 3.12.